The molecular formula is C12H21N3O. The average Bonchev–Trinajstić information content (AvgIpc) is 2.23. The van der Waals surface area contributed by atoms with Gasteiger partial charge >= 0.3 is 0 Å². The van der Waals surface area contributed by atoms with Crippen molar-refractivity contribution >= 4 is 11.5 Å². The van der Waals surface area contributed by atoms with Gasteiger partial charge in [-0.2, -0.15) is 0 Å². The molecule has 0 fully saturated rings. The van der Waals surface area contributed by atoms with Crippen LogP contribution >= 0.6 is 0 Å². The number of ether oxygens (including phenoxy) is 1. The van der Waals surface area contributed by atoms with Crippen molar-refractivity contribution in [2.75, 3.05) is 30.9 Å². The monoisotopic (exact) mass is 223 g/mol. The summed E-state index contributed by atoms with van der Waals surface area (Å²) in [6, 6.07) is 4.18. The molecule has 0 saturated carbocycles. The Labute approximate surface area is 97.4 Å². The van der Waals surface area contributed by atoms with Gasteiger partial charge in [-0.25, -0.2) is 4.98 Å². The fourth-order valence-electron chi connectivity index (χ4n) is 1.58. The van der Waals surface area contributed by atoms with Gasteiger partial charge in [-0.1, -0.05) is 0 Å². The molecule has 90 valence electrons. The molecule has 0 aliphatic heterocycles. The quantitative estimate of drug-likeness (QED) is 0.827. The molecule has 0 atom stereocenters. The second-order valence-corrected chi connectivity index (χ2v) is 4.15. The maximum Gasteiger partial charge on any atom is 0.152 e. The number of pyridine rings is 1. The van der Waals surface area contributed by atoms with Gasteiger partial charge in [0.25, 0.3) is 0 Å². The second-order valence-electron chi connectivity index (χ2n) is 4.15. The van der Waals surface area contributed by atoms with Crippen molar-refractivity contribution in [3.05, 3.63) is 17.8 Å². The van der Waals surface area contributed by atoms with Gasteiger partial charge in [-0.05, 0) is 32.9 Å². The first-order chi connectivity index (χ1) is 7.56. The van der Waals surface area contributed by atoms with E-state index in [4.69, 9.17) is 10.5 Å². The lowest BCUT2D eigenvalue weighted by Crippen LogP contribution is -2.35. The molecule has 1 heterocycles. The van der Waals surface area contributed by atoms with E-state index in [1.807, 2.05) is 19.1 Å². The minimum atomic E-state index is 0.353. The molecule has 0 spiro atoms. The van der Waals surface area contributed by atoms with E-state index >= 15 is 0 Å². The third kappa shape index (κ3) is 3.10. The van der Waals surface area contributed by atoms with Crippen molar-refractivity contribution in [2.45, 2.75) is 26.8 Å². The molecule has 2 N–H and O–H groups in total. The van der Waals surface area contributed by atoms with Gasteiger partial charge in [0.15, 0.2) is 5.82 Å². The van der Waals surface area contributed by atoms with Crippen molar-refractivity contribution < 1.29 is 4.74 Å². The number of anilines is 2. The van der Waals surface area contributed by atoms with E-state index in [0.29, 0.717) is 12.6 Å². The zero-order valence-electron chi connectivity index (χ0n) is 10.5. The second kappa shape index (κ2) is 5.70. The summed E-state index contributed by atoms with van der Waals surface area (Å²) in [5, 5.41) is 0. The molecule has 16 heavy (non-hydrogen) atoms. The van der Waals surface area contributed by atoms with Crippen molar-refractivity contribution in [3.8, 4) is 0 Å². The summed E-state index contributed by atoms with van der Waals surface area (Å²) in [4.78, 5) is 6.65. The number of nitrogens with two attached hydrogens (primary N) is 1. The van der Waals surface area contributed by atoms with E-state index in [2.05, 4.69) is 23.7 Å². The minimum absolute atomic E-state index is 0.353. The smallest absolute Gasteiger partial charge is 0.152 e. The van der Waals surface area contributed by atoms with E-state index in [9.17, 15) is 0 Å². The number of aromatic nitrogens is 1. The molecule has 0 aromatic carbocycles. The number of nitrogens with zero attached hydrogens (tertiary/aromatic N) is 2. The first-order valence-electron chi connectivity index (χ1n) is 5.55. The van der Waals surface area contributed by atoms with E-state index in [-0.39, 0.29) is 0 Å². The van der Waals surface area contributed by atoms with Gasteiger partial charge in [-0.15, -0.1) is 0 Å². The first kappa shape index (κ1) is 12.8. The molecule has 1 rings (SSSR count). The highest BCUT2D eigenvalue weighted by Gasteiger charge is 2.14. The number of rotatable bonds is 5. The average molecular weight is 223 g/mol. The van der Waals surface area contributed by atoms with Gasteiger partial charge < -0.3 is 15.4 Å². The van der Waals surface area contributed by atoms with Crippen LogP contribution in [0.5, 0.6) is 0 Å². The van der Waals surface area contributed by atoms with Crippen molar-refractivity contribution in [3.63, 3.8) is 0 Å². The van der Waals surface area contributed by atoms with Gasteiger partial charge in [0, 0.05) is 25.4 Å². The van der Waals surface area contributed by atoms with Crippen LogP contribution in [0.2, 0.25) is 0 Å². The normalized spacial score (nSPS) is 10.8. The Bertz CT molecular complexity index is 339. The molecule has 0 bridgehead atoms. The lowest BCUT2D eigenvalue weighted by Gasteiger charge is -2.28. The molecule has 4 nitrogen and oxygen atoms in total. The molecule has 0 amide bonds. The van der Waals surface area contributed by atoms with Crippen LogP contribution in [-0.2, 0) is 4.74 Å². The van der Waals surface area contributed by atoms with Gasteiger partial charge in [-0.3, -0.25) is 0 Å². The minimum Gasteiger partial charge on any atom is -0.396 e. The highest BCUT2D eigenvalue weighted by Crippen LogP contribution is 2.22. The number of hydrogen-bond acceptors (Lipinski definition) is 4. The Hall–Kier alpha value is -1.29. The van der Waals surface area contributed by atoms with Crippen molar-refractivity contribution in [1.82, 2.24) is 4.98 Å². The third-order valence-corrected chi connectivity index (χ3v) is 2.48. The largest absolute Gasteiger partial charge is 0.396 e. The Morgan fingerprint density at radius 3 is 2.69 bits per heavy atom. The van der Waals surface area contributed by atoms with E-state index in [0.717, 1.165) is 23.7 Å². The van der Waals surface area contributed by atoms with E-state index < -0.39 is 0 Å². The molecule has 0 radical (unpaired) electrons. The predicted octanol–water partition coefficient (Wildman–Crippen LogP) is 1.83. The summed E-state index contributed by atoms with van der Waals surface area (Å²) < 4.78 is 5.10. The molecule has 0 unspecified atom stereocenters. The van der Waals surface area contributed by atoms with Crippen molar-refractivity contribution in [1.29, 1.82) is 0 Å². The van der Waals surface area contributed by atoms with Crippen LogP contribution in [0.1, 0.15) is 19.5 Å². The molecule has 0 aliphatic carbocycles. The fourth-order valence-corrected chi connectivity index (χ4v) is 1.58. The molecule has 1 aromatic heterocycles. The molecule has 0 aliphatic rings. The Kier molecular flexibility index (Phi) is 4.55. The zero-order chi connectivity index (χ0) is 12.1. The summed E-state index contributed by atoms with van der Waals surface area (Å²) in [5.74, 6) is 0.854. The standard InChI is InChI=1S/C12H21N3O/c1-9(2)15(7-8-16-4)12-11(13)6-5-10(3)14-12/h5-6,9H,7-8,13H2,1-4H3. The fraction of sp³-hybridized carbons (Fsp3) is 0.583. The van der Waals surface area contributed by atoms with Crippen LogP contribution in [0, 0.1) is 6.92 Å². The van der Waals surface area contributed by atoms with Crippen molar-refractivity contribution in [2.24, 2.45) is 0 Å². The first-order valence-corrected chi connectivity index (χ1v) is 5.55. The molecular weight excluding hydrogens is 202 g/mol. The van der Waals surface area contributed by atoms with Crippen LogP contribution < -0.4 is 10.6 Å². The summed E-state index contributed by atoms with van der Waals surface area (Å²) in [7, 11) is 1.70. The Morgan fingerprint density at radius 1 is 1.44 bits per heavy atom. The lowest BCUT2D eigenvalue weighted by atomic mass is 10.2. The topological polar surface area (TPSA) is 51.4 Å². The lowest BCUT2D eigenvalue weighted by molar-refractivity contribution is 0.203. The van der Waals surface area contributed by atoms with Crippen LogP contribution in [0.15, 0.2) is 12.1 Å². The van der Waals surface area contributed by atoms with Gasteiger partial charge in [0.1, 0.15) is 0 Å². The SMILES string of the molecule is COCCN(c1nc(C)ccc1N)C(C)C. The third-order valence-electron chi connectivity index (χ3n) is 2.48. The summed E-state index contributed by atoms with van der Waals surface area (Å²) in [6.45, 7) is 7.69. The summed E-state index contributed by atoms with van der Waals surface area (Å²) in [5.41, 5.74) is 7.65. The Morgan fingerprint density at radius 2 is 2.12 bits per heavy atom. The van der Waals surface area contributed by atoms with E-state index in [1.165, 1.54) is 0 Å². The number of hydrogen-bond donors (Lipinski definition) is 1. The molecule has 4 heteroatoms. The zero-order valence-corrected chi connectivity index (χ0v) is 10.5. The number of nitrogen functional groups attached to an aromatic ring is 1. The molecule has 1 aromatic rings. The van der Waals surface area contributed by atoms with Crippen LogP contribution in [0.25, 0.3) is 0 Å². The maximum atomic E-state index is 5.95. The summed E-state index contributed by atoms with van der Waals surface area (Å²) in [6.07, 6.45) is 0. The van der Waals surface area contributed by atoms with Crippen LogP contribution in [0.3, 0.4) is 0 Å². The maximum absolute atomic E-state index is 5.95. The van der Waals surface area contributed by atoms with E-state index in [1.54, 1.807) is 7.11 Å². The number of methoxy groups -OCH3 is 1. The van der Waals surface area contributed by atoms with Crippen LogP contribution in [-0.4, -0.2) is 31.3 Å². The van der Waals surface area contributed by atoms with Crippen LogP contribution in [0.4, 0.5) is 11.5 Å². The highest BCUT2D eigenvalue weighted by atomic mass is 16.5. The summed E-state index contributed by atoms with van der Waals surface area (Å²) >= 11 is 0. The molecule has 0 saturated heterocycles. The predicted molar refractivity (Wildman–Crippen MR) is 67.7 cm³/mol. The Balaban J connectivity index is 2.95. The number of aryl methyl sites for hydroxylation is 1. The van der Waals surface area contributed by atoms with Gasteiger partial charge in [0.2, 0.25) is 0 Å². The highest BCUT2D eigenvalue weighted by molar-refractivity contribution is 5.63. The van der Waals surface area contributed by atoms with Gasteiger partial charge in [0.05, 0.1) is 12.3 Å².